The lowest BCUT2D eigenvalue weighted by Crippen LogP contribution is -2.45. The molecule has 0 heterocycles. The van der Waals surface area contributed by atoms with Gasteiger partial charge < -0.3 is 10.2 Å². The van der Waals surface area contributed by atoms with Gasteiger partial charge in [-0.25, -0.2) is 0 Å². The lowest BCUT2D eigenvalue weighted by Gasteiger charge is -2.40. The second-order valence-electron chi connectivity index (χ2n) is 4.96. The van der Waals surface area contributed by atoms with E-state index >= 15 is 0 Å². The lowest BCUT2D eigenvalue weighted by molar-refractivity contribution is 0.0380. The minimum atomic E-state index is -1.38. The fourth-order valence-electron chi connectivity index (χ4n) is 2.31. The highest BCUT2D eigenvalue weighted by Gasteiger charge is 2.40. The Balaban J connectivity index is 2.69. The molecule has 0 aromatic heterocycles. The highest BCUT2D eigenvalue weighted by atomic mass is 28.3. The van der Waals surface area contributed by atoms with Gasteiger partial charge in [0, 0.05) is 5.54 Å². The van der Waals surface area contributed by atoms with Crippen LogP contribution in [-0.4, -0.2) is 30.5 Å². The number of aliphatic hydroxyl groups excluding tert-OH is 2. The van der Waals surface area contributed by atoms with Gasteiger partial charge >= 0.3 is 0 Å². The quantitative estimate of drug-likeness (QED) is 0.614. The van der Waals surface area contributed by atoms with Crippen LogP contribution in [0.5, 0.6) is 0 Å². The minimum absolute atomic E-state index is 0.186. The Labute approximate surface area is 75.6 Å². The SMILES string of the molecule is C[Si](C)(C)C1C(O)CCCC1O. The van der Waals surface area contributed by atoms with E-state index in [0.29, 0.717) is 0 Å². The van der Waals surface area contributed by atoms with Crippen LogP contribution < -0.4 is 0 Å². The molecular weight excluding hydrogens is 168 g/mol. The van der Waals surface area contributed by atoms with Crippen molar-refractivity contribution in [2.45, 2.75) is 56.7 Å². The van der Waals surface area contributed by atoms with E-state index in [4.69, 9.17) is 0 Å². The van der Waals surface area contributed by atoms with Crippen molar-refractivity contribution < 1.29 is 10.2 Å². The zero-order chi connectivity index (χ0) is 9.35. The Morgan fingerprint density at radius 2 is 1.42 bits per heavy atom. The summed E-state index contributed by atoms with van der Waals surface area (Å²) in [7, 11) is -1.38. The van der Waals surface area contributed by atoms with Gasteiger partial charge in [-0.2, -0.15) is 0 Å². The Morgan fingerprint density at radius 1 is 1.00 bits per heavy atom. The van der Waals surface area contributed by atoms with Crippen LogP contribution in [0.15, 0.2) is 0 Å². The average molecular weight is 188 g/mol. The van der Waals surface area contributed by atoms with Crippen LogP contribution in [0.2, 0.25) is 25.2 Å². The van der Waals surface area contributed by atoms with Gasteiger partial charge in [0.15, 0.2) is 0 Å². The van der Waals surface area contributed by atoms with Crippen molar-refractivity contribution in [3.8, 4) is 0 Å². The summed E-state index contributed by atoms with van der Waals surface area (Å²) in [6, 6.07) is 0. The Morgan fingerprint density at radius 3 is 1.67 bits per heavy atom. The molecular formula is C9H20O2Si. The third-order valence-electron chi connectivity index (χ3n) is 2.83. The summed E-state index contributed by atoms with van der Waals surface area (Å²) >= 11 is 0. The summed E-state index contributed by atoms with van der Waals surface area (Å²) in [4.78, 5) is 0. The van der Waals surface area contributed by atoms with Crippen LogP contribution >= 0.6 is 0 Å². The van der Waals surface area contributed by atoms with Crippen LogP contribution in [0.25, 0.3) is 0 Å². The molecule has 0 saturated heterocycles. The Bertz CT molecular complexity index is 143. The first-order chi connectivity index (χ1) is 5.43. The molecule has 1 aliphatic rings. The number of hydrogen-bond acceptors (Lipinski definition) is 2. The van der Waals surface area contributed by atoms with Crippen molar-refractivity contribution in [1.82, 2.24) is 0 Å². The predicted molar refractivity (Wildman–Crippen MR) is 53.0 cm³/mol. The van der Waals surface area contributed by atoms with Crippen LogP contribution in [0, 0.1) is 0 Å². The van der Waals surface area contributed by atoms with Gasteiger partial charge in [-0.05, 0) is 19.3 Å². The van der Waals surface area contributed by atoms with E-state index in [1.54, 1.807) is 0 Å². The van der Waals surface area contributed by atoms with Crippen LogP contribution in [0.4, 0.5) is 0 Å². The summed E-state index contributed by atoms with van der Waals surface area (Å²) in [5.41, 5.74) is 0.186. The van der Waals surface area contributed by atoms with Crippen molar-refractivity contribution in [3.63, 3.8) is 0 Å². The standard InChI is InChI=1S/C9H20O2Si/c1-12(2,3)9-7(10)5-4-6-8(9)11/h7-11H,4-6H2,1-3H3. The number of rotatable bonds is 1. The summed E-state index contributed by atoms with van der Waals surface area (Å²) in [6.45, 7) is 6.65. The number of aliphatic hydroxyl groups is 2. The van der Waals surface area contributed by atoms with Gasteiger partial charge in [0.25, 0.3) is 0 Å². The maximum Gasteiger partial charge on any atom is 0.0569 e. The molecule has 0 radical (unpaired) electrons. The summed E-state index contributed by atoms with van der Waals surface area (Å²) in [6.07, 6.45) is 2.24. The van der Waals surface area contributed by atoms with E-state index in [0.717, 1.165) is 19.3 Å². The van der Waals surface area contributed by atoms with Crippen molar-refractivity contribution in [1.29, 1.82) is 0 Å². The van der Waals surface area contributed by atoms with Gasteiger partial charge in [0.2, 0.25) is 0 Å². The van der Waals surface area contributed by atoms with Crippen LogP contribution in [-0.2, 0) is 0 Å². The van der Waals surface area contributed by atoms with E-state index < -0.39 is 8.07 Å². The monoisotopic (exact) mass is 188 g/mol. The van der Waals surface area contributed by atoms with Crippen molar-refractivity contribution in [3.05, 3.63) is 0 Å². The molecule has 1 fully saturated rings. The maximum absolute atomic E-state index is 9.75. The van der Waals surface area contributed by atoms with Crippen LogP contribution in [0.3, 0.4) is 0 Å². The topological polar surface area (TPSA) is 40.5 Å². The Hall–Kier alpha value is 0.137. The van der Waals surface area contributed by atoms with Crippen LogP contribution in [0.1, 0.15) is 19.3 Å². The van der Waals surface area contributed by atoms with Gasteiger partial charge in [0.05, 0.1) is 20.3 Å². The van der Waals surface area contributed by atoms with Crippen molar-refractivity contribution in [2.24, 2.45) is 0 Å². The first-order valence-electron chi connectivity index (χ1n) is 4.79. The third kappa shape index (κ3) is 2.09. The molecule has 0 aliphatic heterocycles. The molecule has 2 nitrogen and oxygen atoms in total. The fourth-order valence-corrected chi connectivity index (χ4v) is 4.95. The van der Waals surface area contributed by atoms with E-state index in [2.05, 4.69) is 19.6 Å². The molecule has 2 N–H and O–H groups in total. The maximum atomic E-state index is 9.75. The second kappa shape index (κ2) is 3.48. The molecule has 3 heteroatoms. The van der Waals surface area contributed by atoms with E-state index in [1.807, 2.05) is 0 Å². The van der Waals surface area contributed by atoms with Gasteiger partial charge in [-0.15, -0.1) is 0 Å². The molecule has 2 atom stereocenters. The highest BCUT2D eigenvalue weighted by molar-refractivity contribution is 6.77. The summed E-state index contributed by atoms with van der Waals surface area (Å²) < 4.78 is 0. The molecule has 12 heavy (non-hydrogen) atoms. The molecule has 0 aromatic carbocycles. The fraction of sp³-hybridized carbons (Fsp3) is 1.00. The molecule has 0 amide bonds. The molecule has 0 aromatic rings. The Kier molecular flexibility index (Phi) is 2.96. The van der Waals surface area contributed by atoms with Gasteiger partial charge in [-0.3, -0.25) is 0 Å². The van der Waals surface area contributed by atoms with E-state index in [1.165, 1.54) is 0 Å². The first kappa shape index (κ1) is 10.2. The second-order valence-corrected chi connectivity index (χ2v) is 10.4. The minimum Gasteiger partial charge on any atom is -0.393 e. The average Bonchev–Trinajstić information content (AvgIpc) is 1.82. The van der Waals surface area contributed by atoms with Crippen molar-refractivity contribution >= 4 is 8.07 Å². The molecule has 72 valence electrons. The lowest BCUT2D eigenvalue weighted by atomic mass is 9.94. The zero-order valence-corrected chi connectivity index (χ0v) is 9.25. The van der Waals surface area contributed by atoms with Crippen molar-refractivity contribution in [2.75, 3.05) is 0 Å². The van der Waals surface area contributed by atoms with Gasteiger partial charge in [0.1, 0.15) is 0 Å². The third-order valence-corrected chi connectivity index (χ3v) is 5.60. The molecule has 1 saturated carbocycles. The normalized spacial score (nSPS) is 38.2. The molecule has 1 rings (SSSR count). The van der Waals surface area contributed by atoms with E-state index in [9.17, 15) is 10.2 Å². The zero-order valence-electron chi connectivity index (χ0n) is 8.25. The van der Waals surface area contributed by atoms with E-state index in [-0.39, 0.29) is 17.7 Å². The molecule has 2 unspecified atom stereocenters. The smallest absolute Gasteiger partial charge is 0.0569 e. The summed E-state index contributed by atoms with van der Waals surface area (Å²) in [5, 5.41) is 19.5. The molecule has 0 bridgehead atoms. The highest BCUT2D eigenvalue weighted by Crippen LogP contribution is 2.37. The number of hydrogen-bond donors (Lipinski definition) is 2. The predicted octanol–water partition coefficient (Wildman–Crippen LogP) is 1.60. The van der Waals surface area contributed by atoms with Gasteiger partial charge in [-0.1, -0.05) is 19.6 Å². The first-order valence-corrected chi connectivity index (χ1v) is 8.37. The molecule has 1 aliphatic carbocycles. The largest absolute Gasteiger partial charge is 0.393 e. The summed E-state index contributed by atoms with van der Waals surface area (Å²) in [5.74, 6) is 0. The molecule has 0 spiro atoms.